The van der Waals surface area contributed by atoms with E-state index in [2.05, 4.69) is 53.7 Å². The molecule has 4 aliphatic carbocycles. The molecular formula is C30H48O2. The molecule has 0 saturated heterocycles. The van der Waals surface area contributed by atoms with Crippen LogP contribution in [0.15, 0.2) is 23.3 Å². The van der Waals surface area contributed by atoms with Crippen LogP contribution in [0.5, 0.6) is 0 Å². The molecule has 32 heavy (non-hydrogen) atoms. The highest BCUT2D eigenvalue weighted by atomic mass is 16.1. The minimum Gasteiger partial charge on any atom is -0.295 e. The quantitative estimate of drug-likeness (QED) is 0.436. The molecule has 0 radical (unpaired) electrons. The summed E-state index contributed by atoms with van der Waals surface area (Å²) in [6.07, 6.45) is 14.3. The van der Waals surface area contributed by atoms with Crippen molar-refractivity contribution in [2.24, 2.45) is 46.3 Å². The summed E-state index contributed by atoms with van der Waals surface area (Å²) in [6, 6.07) is 0. The molecule has 0 spiro atoms. The van der Waals surface area contributed by atoms with Gasteiger partial charge in [0.1, 0.15) is 0 Å². The van der Waals surface area contributed by atoms with Crippen molar-refractivity contribution in [3.05, 3.63) is 23.3 Å². The number of Topliss-reactive ketones (excluding diaryl/α,β-unsaturated/α-hetero) is 2. The van der Waals surface area contributed by atoms with Crippen LogP contribution in [0, 0.1) is 46.3 Å². The van der Waals surface area contributed by atoms with Crippen LogP contribution in [0.4, 0.5) is 0 Å². The Kier molecular flexibility index (Phi) is 7.63. The number of hydrogen-bond donors (Lipinski definition) is 0. The molecule has 2 fully saturated rings. The van der Waals surface area contributed by atoms with E-state index < -0.39 is 0 Å². The predicted molar refractivity (Wildman–Crippen MR) is 134 cm³/mol. The maximum Gasteiger partial charge on any atom is 0.155 e. The van der Waals surface area contributed by atoms with Crippen LogP contribution in [0.2, 0.25) is 0 Å². The van der Waals surface area contributed by atoms with Crippen molar-refractivity contribution in [3.8, 4) is 0 Å². The molecule has 0 N–H and O–H groups in total. The number of ketones is 2. The Morgan fingerprint density at radius 1 is 0.875 bits per heavy atom. The van der Waals surface area contributed by atoms with Crippen LogP contribution in [0.25, 0.3) is 0 Å². The van der Waals surface area contributed by atoms with E-state index in [0.29, 0.717) is 16.7 Å². The second-order valence-electron chi connectivity index (χ2n) is 12.6. The molecule has 0 heterocycles. The highest BCUT2D eigenvalue weighted by molar-refractivity contribution is 5.93. The lowest BCUT2D eigenvalue weighted by atomic mass is 9.53. The maximum absolute atomic E-state index is 11.5. The summed E-state index contributed by atoms with van der Waals surface area (Å²) in [7, 11) is 0. The highest BCUT2D eigenvalue weighted by Gasteiger charge is 2.46. The first-order valence-corrected chi connectivity index (χ1v) is 13.3. The third-order valence-corrected chi connectivity index (χ3v) is 10.6. The summed E-state index contributed by atoms with van der Waals surface area (Å²) in [5.41, 5.74) is 3.08. The summed E-state index contributed by atoms with van der Waals surface area (Å²) < 4.78 is 0. The van der Waals surface area contributed by atoms with Gasteiger partial charge in [-0.05, 0) is 116 Å². The molecule has 2 heteroatoms. The number of hydrogen-bond acceptors (Lipinski definition) is 2. The van der Waals surface area contributed by atoms with Crippen molar-refractivity contribution in [3.63, 3.8) is 0 Å². The molecule has 8 unspecified atom stereocenters. The number of carbonyl (C=O) groups is 2. The van der Waals surface area contributed by atoms with E-state index in [1.54, 1.807) is 13.8 Å². The molecule has 0 aromatic heterocycles. The Morgan fingerprint density at radius 3 is 2.16 bits per heavy atom. The summed E-state index contributed by atoms with van der Waals surface area (Å²) in [4.78, 5) is 23.0. The topological polar surface area (TPSA) is 34.1 Å². The molecule has 0 aliphatic heterocycles. The molecular weight excluding hydrogens is 392 g/mol. The first kappa shape index (κ1) is 25.4. The van der Waals surface area contributed by atoms with Crippen molar-refractivity contribution < 1.29 is 9.59 Å². The Morgan fingerprint density at radius 2 is 1.53 bits per heavy atom. The van der Waals surface area contributed by atoms with E-state index in [1.807, 2.05) is 0 Å². The van der Waals surface area contributed by atoms with Gasteiger partial charge >= 0.3 is 0 Å². The third kappa shape index (κ3) is 4.85. The molecule has 2 nitrogen and oxygen atoms in total. The molecule has 0 amide bonds. The van der Waals surface area contributed by atoms with Gasteiger partial charge in [0, 0.05) is 0 Å². The molecule has 0 aromatic rings. The Balaban J connectivity index is 0.000000181. The second kappa shape index (κ2) is 9.59. The highest BCUT2D eigenvalue weighted by Crippen LogP contribution is 2.55. The Bertz CT molecular complexity index is 789. The van der Waals surface area contributed by atoms with Gasteiger partial charge in [0.05, 0.1) is 0 Å². The average Bonchev–Trinajstić information content (AvgIpc) is 2.74. The largest absolute Gasteiger partial charge is 0.295 e. The van der Waals surface area contributed by atoms with Crippen LogP contribution >= 0.6 is 0 Å². The van der Waals surface area contributed by atoms with Crippen molar-refractivity contribution in [1.29, 1.82) is 0 Å². The molecule has 4 aliphatic rings. The zero-order valence-corrected chi connectivity index (χ0v) is 22.1. The van der Waals surface area contributed by atoms with Crippen molar-refractivity contribution >= 4 is 11.6 Å². The lowest BCUT2D eigenvalue weighted by Gasteiger charge is -2.51. The summed E-state index contributed by atoms with van der Waals surface area (Å²) in [5, 5.41) is 0. The Labute approximate surface area is 197 Å². The molecule has 4 rings (SSSR count). The van der Waals surface area contributed by atoms with E-state index in [-0.39, 0.29) is 11.6 Å². The van der Waals surface area contributed by atoms with Crippen LogP contribution in [-0.2, 0) is 9.59 Å². The zero-order chi connectivity index (χ0) is 23.8. The monoisotopic (exact) mass is 440 g/mol. The number of allylic oxidation sites excluding steroid dienone is 4. The van der Waals surface area contributed by atoms with Crippen molar-refractivity contribution in [2.75, 3.05) is 0 Å². The summed E-state index contributed by atoms with van der Waals surface area (Å²) in [6.45, 7) is 17.8. The maximum atomic E-state index is 11.5. The van der Waals surface area contributed by atoms with Gasteiger partial charge in [0.15, 0.2) is 11.6 Å². The van der Waals surface area contributed by atoms with E-state index in [4.69, 9.17) is 0 Å². The van der Waals surface area contributed by atoms with Crippen LogP contribution in [0.3, 0.4) is 0 Å². The van der Waals surface area contributed by atoms with E-state index in [1.165, 1.54) is 32.1 Å². The lowest BCUT2D eigenvalue weighted by molar-refractivity contribution is -0.115. The van der Waals surface area contributed by atoms with E-state index in [9.17, 15) is 9.59 Å². The molecule has 0 aromatic carbocycles. The first-order chi connectivity index (χ1) is 14.9. The van der Waals surface area contributed by atoms with Gasteiger partial charge in [-0.15, -0.1) is 0 Å². The fraction of sp³-hybridized carbons (Fsp3) is 0.800. The van der Waals surface area contributed by atoms with Crippen LogP contribution < -0.4 is 0 Å². The normalized spacial score (nSPS) is 43.5. The van der Waals surface area contributed by atoms with Gasteiger partial charge in [0.25, 0.3) is 0 Å². The molecule has 8 atom stereocenters. The first-order valence-electron chi connectivity index (χ1n) is 13.3. The van der Waals surface area contributed by atoms with Crippen LogP contribution in [0.1, 0.15) is 107 Å². The average molecular weight is 441 g/mol. The van der Waals surface area contributed by atoms with Gasteiger partial charge in [0.2, 0.25) is 0 Å². The minimum absolute atomic E-state index is 0.285. The zero-order valence-electron chi connectivity index (χ0n) is 22.1. The smallest absolute Gasteiger partial charge is 0.155 e. The SMILES string of the molecule is CC(=O)C1=CC2C(C)C(C)CCC2(C)CC1.CC(=O)C1=CCC2(C)C(C)CCC(C)C2C1. The standard InChI is InChI=1S/2C15H24O/c1-10-5-7-15(4)8-6-13(12(3)16)9-14(15)11(10)2;1-10-5-6-11(2)15(4)8-7-13(12(3)16)9-14(10)15/h9-11,14H,5-8H2,1-4H3;7,10-11,14H,5-6,8-9H2,1-4H3. The third-order valence-electron chi connectivity index (χ3n) is 10.6. The van der Waals surface area contributed by atoms with Crippen LogP contribution in [-0.4, -0.2) is 11.6 Å². The van der Waals surface area contributed by atoms with E-state index >= 15 is 0 Å². The summed E-state index contributed by atoms with van der Waals surface area (Å²) >= 11 is 0. The fourth-order valence-electron chi connectivity index (χ4n) is 7.43. The van der Waals surface area contributed by atoms with Crippen molar-refractivity contribution in [2.45, 2.75) is 107 Å². The molecule has 0 bridgehead atoms. The number of rotatable bonds is 2. The minimum atomic E-state index is 0.285. The van der Waals surface area contributed by atoms with Gasteiger partial charge in [-0.3, -0.25) is 9.59 Å². The predicted octanol–water partition coefficient (Wildman–Crippen LogP) is 7.97. The Hall–Kier alpha value is -1.18. The van der Waals surface area contributed by atoms with Gasteiger partial charge in [-0.1, -0.05) is 60.1 Å². The van der Waals surface area contributed by atoms with E-state index in [0.717, 1.165) is 60.0 Å². The van der Waals surface area contributed by atoms with Crippen molar-refractivity contribution in [1.82, 2.24) is 0 Å². The summed E-state index contributed by atoms with van der Waals surface area (Å²) in [5.74, 6) is 5.04. The van der Waals surface area contributed by atoms with Gasteiger partial charge in [-0.2, -0.15) is 0 Å². The fourth-order valence-corrected chi connectivity index (χ4v) is 7.43. The number of fused-ring (bicyclic) bond motifs is 2. The van der Waals surface area contributed by atoms with Gasteiger partial charge in [-0.25, -0.2) is 0 Å². The number of carbonyl (C=O) groups excluding carboxylic acids is 2. The molecule has 180 valence electrons. The van der Waals surface area contributed by atoms with Gasteiger partial charge < -0.3 is 0 Å². The lowest BCUT2D eigenvalue weighted by Crippen LogP contribution is -2.43. The molecule has 2 saturated carbocycles. The second-order valence-corrected chi connectivity index (χ2v) is 12.6.